The van der Waals surface area contributed by atoms with Crippen LogP contribution in [0.1, 0.15) is 18.0 Å². The van der Waals surface area contributed by atoms with Crippen LogP contribution in [-0.4, -0.2) is 96.1 Å². The van der Waals surface area contributed by atoms with Gasteiger partial charge in [-0.3, -0.25) is 9.89 Å². The van der Waals surface area contributed by atoms with Gasteiger partial charge in [0.2, 0.25) is 0 Å². The number of rotatable bonds is 11. The molecule has 2 rings (SSSR count). The molecule has 9 heteroatoms. The zero-order valence-corrected chi connectivity index (χ0v) is 20.7. The van der Waals surface area contributed by atoms with Gasteiger partial charge < -0.3 is 25.0 Å². The molecule has 0 saturated carbocycles. The Balaban J connectivity index is 0.00000450. The molecule has 0 aromatic heterocycles. The number of morpholine rings is 1. The van der Waals surface area contributed by atoms with Crippen LogP contribution in [0.25, 0.3) is 0 Å². The molecule has 0 spiro atoms. The number of nitrogens with one attached hydrogen (secondary N) is 2. The lowest BCUT2D eigenvalue weighted by Gasteiger charge is -2.35. The van der Waals surface area contributed by atoms with Crippen molar-refractivity contribution in [3.63, 3.8) is 0 Å². The summed E-state index contributed by atoms with van der Waals surface area (Å²) in [6.45, 7) is 7.22. The lowest BCUT2D eigenvalue weighted by atomic mass is 10.0. The van der Waals surface area contributed by atoms with Gasteiger partial charge in [0.1, 0.15) is 5.82 Å². The van der Waals surface area contributed by atoms with E-state index in [0.29, 0.717) is 19.8 Å². The van der Waals surface area contributed by atoms with Crippen molar-refractivity contribution in [2.75, 3.05) is 80.3 Å². The average Bonchev–Trinajstić information content (AvgIpc) is 2.73. The molecular formula is C21H37FIN5O2. The number of halogens is 2. The maximum atomic E-state index is 13.8. The van der Waals surface area contributed by atoms with Gasteiger partial charge in [-0.2, -0.15) is 0 Å². The van der Waals surface area contributed by atoms with Crippen LogP contribution in [0.3, 0.4) is 0 Å². The van der Waals surface area contributed by atoms with Crippen LogP contribution in [0, 0.1) is 5.82 Å². The van der Waals surface area contributed by atoms with Gasteiger partial charge in [0.05, 0.1) is 19.3 Å². The molecule has 1 aromatic rings. The third-order valence-corrected chi connectivity index (χ3v) is 5.08. The van der Waals surface area contributed by atoms with Crippen molar-refractivity contribution in [2.45, 2.75) is 12.5 Å². The van der Waals surface area contributed by atoms with Gasteiger partial charge in [-0.25, -0.2) is 4.39 Å². The molecule has 1 saturated heterocycles. The second-order valence-electron chi connectivity index (χ2n) is 7.25. The fourth-order valence-electron chi connectivity index (χ4n) is 3.43. The molecule has 1 unspecified atom stereocenters. The predicted molar refractivity (Wildman–Crippen MR) is 130 cm³/mol. The minimum atomic E-state index is -0.209. The number of methoxy groups -OCH3 is 1. The molecule has 1 fully saturated rings. The fraction of sp³-hybridized carbons (Fsp3) is 0.667. The fourth-order valence-corrected chi connectivity index (χ4v) is 3.43. The van der Waals surface area contributed by atoms with Crippen LogP contribution in [0.5, 0.6) is 0 Å². The molecule has 0 aliphatic carbocycles. The number of likely N-dealkylation sites (N-methyl/N-ethyl adjacent to an activating group) is 1. The smallest absolute Gasteiger partial charge is 0.191 e. The Morgan fingerprint density at radius 2 is 2.07 bits per heavy atom. The maximum Gasteiger partial charge on any atom is 0.191 e. The molecule has 0 radical (unpaired) electrons. The van der Waals surface area contributed by atoms with E-state index in [4.69, 9.17) is 9.47 Å². The average molecular weight is 537 g/mol. The molecular weight excluding hydrogens is 500 g/mol. The van der Waals surface area contributed by atoms with E-state index in [-0.39, 0.29) is 35.8 Å². The molecule has 1 atom stereocenters. The quantitative estimate of drug-likeness (QED) is 0.195. The minimum absolute atomic E-state index is 0. The standard InChI is InChI=1S/C21H36FN5O2.HI/c1-23-21(24-8-10-26(2)9-5-13-28-3)25-17-20(27-11-14-29-15-12-27)18-6-4-7-19(22)16-18;/h4,6-7,16,20H,5,8-15,17H2,1-3H3,(H2,23,24,25);1H. The van der Waals surface area contributed by atoms with Gasteiger partial charge in [0, 0.05) is 60.0 Å². The number of hydrogen-bond acceptors (Lipinski definition) is 5. The molecule has 30 heavy (non-hydrogen) atoms. The number of aliphatic imine (C=N–C) groups is 1. The first-order valence-electron chi connectivity index (χ1n) is 10.3. The number of nitrogens with zero attached hydrogens (tertiary/aromatic N) is 3. The maximum absolute atomic E-state index is 13.8. The topological polar surface area (TPSA) is 61.4 Å². The molecule has 2 N–H and O–H groups in total. The van der Waals surface area contributed by atoms with E-state index in [1.807, 2.05) is 6.07 Å². The first-order chi connectivity index (χ1) is 14.1. The molecule has 0 bridgehead atoms. The lowest BCUT2D eigenvalue weighted by Crippen LogP contribution is -2.47. The van der Waals surface area contributed by atoms with Gasteiger partial charge in [-0.1, -0.05) is 12.1 Å². The third kappa shape index (κ3) is 9.86. The van der Waals surface area contributed by atoms with Crippen LogP contribution in [-0.2, 0) is 9.47 Å². The Bertz CT molecular complexity index is 617. The van der Waals surface area contributed by atoms with Crippen molar-refractivity contribution in [3.05, 3.63) is 35.6 Å². The van der Waals surface area contributed by atoms with Crippen LogP contribution >= 0.6 is 24.0 Å². The second kappa shape index (κ2) is 15.7. The molecule has 0 amide bonds. The minimum Gasteiger partial charge on any atom is -0.385 e. The SMILES string of the molecule is CN=C(NCCN(C)CCCOC)NCC(c1cccc(F)c1)N1CCOCC1.I. The van der Waals surface area contributed by atoms with Crippen molar-refractivity contribution in [1.82, 2.24) is 20.4 Å². The number of benzene rings is 1. The number of hydrogen-bond donors (Lipinski definition) is 2. The normalized spacial score (nSPS) is 16.2. The van der Waals surface area contributed by atoms with Crippen molar-refractivity contribution < 1.29 is 13.9 Å². The Kier molecular flexibility index (Phi) is 14.2. The molecule has 1 aliphatic heterocycles. The van der Waals surface area contributed by atoms with Crippen LogP contribution in [0.4, 0.5) is 4.39 Å². The van der Waals surface area contributed by atoms with E-state index in [1.54, 1.807) is 26.3 Å². The Morgan fingerprint density at radius 1 is 1.30 bits per heavy atom. The highest BCUT2D eigenvalue weighted by molar-refractivity contribution is 14.0. The van der Waals surface area contributed by atoms with Gasteiger partial charge in [0.15, 0.2) is 5.96 Å². The summed E-state index contributed by atoms with van der Waals surface area (Å²) in [6.07, 6.45) is 1.02. The largest absolute Gasteiger partial charge is 0.385 e. The second-order valence-corrected chi connectivity index (χ2v) is 7.25. The van der Waals surface area contributed by atoms with E-state index in [0.717, 1.165) is 57.3 Å². The summed E-state index contributed by atoms with van der Waals surface area (Å²) < 4.78 is 24.4. The highest BCUT2D eigenvalue weighted by Gasteiger charge is 2.23. The summed E-state index contributed by atoms with van der Waals surface area (Å²) in [5, 5.41) is 6.77. The summed E-state index contributed by atoms with van der Waals surface area (Å²) in [4.78, 5) is 8.93. The molecule has 1 aromatic carbocycles. The predicted octanol–water partition coefficient (Wildman–Crippen LogP) is 1.95. The first kappa shape index (κ1) is 27.0. The Labute approximate surface area is 197 Å². The summed E-state index contributed by atoms with van der Waals surface area (Å²) in [5.74, 6) is 0.546. The monoisotopic (exact) mass is 537 g/mol. The van der Waals surface area contributed by atoms with Crippen LogP contribution in [0.15, 0.2) is 29.3 Å². The van der Waals surface area contributed by atoms with Crippen molar-refractivity contribution in [2.24, 2.45) is 4.99 Å². The van der Waals surface area contributed by atoms with E-state index in [2.05, 4.69) is 32.5 Å². The van der Waals surface area contributed by atoms with Gasteiger partial charge in [-0.15, -0.1) is 24.0 Å². The Hall–Kier alpha value is -1.01. The summed E-state index contributed by atoms with van der Waals surface area (Å²) in [7, 11) is 5.60. The first-order valence-corrected chi connectivity index (χ1v) is 10.3. The molecule has 1 heterocycles. The zero-order valence-electron chi connectivity index (χ0n) is 18.4. The van der Waals surface area contributed by atoms with E-state index >= 15 is 0 Å². The lowest BCUT2D eigenvalue weighted by molar-refractivity contribution is 0.0169. The van der Waals surface area contributed by atoms with Crippen molar-refractivity contribution >= 4 is 29.9 Å². The highest BCUT2D eigenvalue weighted by Crippen LogP contribution is 2.22. The van der Waals surface area contributed by atoms with E-state index in [1.165, 1.54) is 6.07 Å². The summed E-state index contributed by atoms with van der Waals surface area (Å²) in [5.41, 5.74) is 0.965. The third-order valence-electron chi connectivity index (χ3n) is 5.08. The Morgan fingerprint density at radius 3 is 2.73 bits per heavy atom. The summed E-state index contributed by atoms with van der Waals surface area (Å²) in [6, 6.07) is 6.91. The van der Waals surface area contributed by atoms with E-state index in [9.17, 15) is 4.39 Å². The number of guanidine groups is 1. The van der Waals surface area contributed by atoms with Gasteiger partial charge in [-0.05, 0) is 31.2 Å². The zero-order chi connectivity index (χ0) is 20.9. The molecule has 1 aliphatic rings. The van der Waals surface area contributed by atoms with Crippen LogP contribution in [0.2, 0.25) is 0 Å². The molecule has 7 nitrogen and oxygen atoms in total. The highest BCUT2D eigenvalue weighted by atomic mass is 127. The number of ether oxygens (including phenoxy) is 2. The van der Waals surface area contributed by atoms with Crippen molar-refractivity contribution in [3.8, 4) is 0 Å². The van der Waals surface area contributed by atoms with Gasteiger partial charge in [0.25, 0.3) is 0 Å². The summed E-state index contributed by atoms with van der Waals surface area (Å²) >= 11 is 0. The van der Waals surface area contributed by atoms with Crippen molar-refractivity contribution in [1.29, 1.82) is 0 Å². The van der Waals surface area contributed by atoms with Gasteiger partial charge >= 0.3 is 0 Å². The van der Waals surface area contributed by atoms with E-state index < -0.39 is 0 Å². The van der Waals surface area contributed by atoms with Crippen LogP contribution < -0.4 is 10.6 Å². The molecule has 172 valence electrons.